The molecule has 3 aromatic carbocycles. The first-order valence-electron chi connectivity index (χ1n) is 17.2. The summed E-state index contributed by atoms with van der Waals surface area (Å²) >= 11 is 0. The van der Waals surface area contributed by atoms with Crippen LogP contribution in [0, 0.1) is 0 Å². The second-order valence-electron chi connectivity index (χ2n) is 12.3. The first-order chi connectivity index (χ1) is 21.4. The molecule has 3 rings (SSSR count). The Balaban J connectivity index is 1.87. The molecule has 0 aliphatic rings. The molecule has 0 fully saturated rings. The van der Waals surface area contributed by atoms with Gasteiger partial charge >= 0.3 is 12.3 Å². The summed E-state index contributed by atoms with van der Waals surface area (Å²) < 4.78 is 11.1. The lowest BCUT2D eigenvalue weighted by atomic mass is 9.89. The molecule has 6 heteroatoms. The number of hydrogen-bond donors (Lipinski definition) is 2. The van der Waals surface area contributed by atoms with E-state index >= 15 is 0 Å². The van der Waals surface area contributed by atoms with Gasteiger partial charge in [0, 0.05) is 11.1 Å². The monoisotopic (exact) mass is 606 g/mol. The Bertz CT molecular complexity index is 1190. The van der Waals surface area contributed by atoms with Crippen LogP contribution in [0.15, 0.2) is 48.5 Å². The fourth-order valence-corrected chi connectivity index (χ4v) is 6.31. The SMILES string of the molecule is CCCCCCCCCCC(OC(=O)O)c1cc2cc3ccccc3cc2cc1C(CCCCCCCCCC)OC(=O)O. The Kier molecular flexibility index (Phi) is 15.9. The zero-order valence-electron chi connectivity index (χ0n) is 27.0. The summed E-state index contributed by atoms with van der Waals surface area (Å²) in [7, 11) is 0. The highest BCUT2D eigenvalue weighted by Gasteiger charge is 2.27. The first-order valence-corrected chi connectivity index (χ1v) is 17.2. The lowest BCUT2D eigenvalue weighted by Crippen LogP contribution is -2.16. The van der Waals surface area contributed by atoms with Crippen LogP contribution < -0.4 is 0 Å². The van der Waals surface area contributed by atoms with Crippen molar-refractivity contribution in [2.24, 2.45) is 0 Å². The molecule has 0 amide bonds. The Morgan fingerprint density at radius 1 is 0.523 bits per heavy atom. The summed E-state index contributed by atoms with van der Waals surface area (Å²) in [5.41, 5.74) is 1.42. The number of hydrogen-bond acceptors (Lipinski definition) is 4. The first kappa shape index (κ1) is 35.2. The molecule has 3 aromatic rings. The predicted octanol–water partition coefficient (Wildman–Crippen LogP) is 12.5. The van der Waals surface area contributed by atoms with Crippen molar-refractivity contribution in [2.75, 3.05) is 0 Å². The lowest BCUT2D eigenvalue weighted by Gasteiger charge is -2.25. The van der Waals surface area contributed by atoms with Crippen molar-refractivity contribution >= 4 is 33.9 Å². The minimum absolute atomic E-state index is 0.547. The fourth-order valence-electron chi connectivity index (χ4n) is 6.31. The summed E-state index contributed by atoms with van der Waals surface area (Å²) in [6.07, 6.45) is 15.3. The maximum Gasteiger partial charge on any atom is 0.506 e. The molecule has 0 bridgehead atoms. The molecule has 0 radical (unpaired) electrons. The molecule has 2 unspecified atom stereocenters. The molecular weight excluding hydrogens is 552 g/mol. The van der Waals surface area contributed by atoms with E-state index in [0.717, 1.165) is 60.1 Å². The second-order valence-corrected chi connectivity index (χ2v) is 12.3. The highest BCUT2D eigenvalue weighted by atomic mass is 16.7. The van der Waals surface area contributed by atoms with E-state index in [1.54, 1.807) is 0 Å². The van der Waals surface area contributed by atoms with Crippen LogP contribution in [-0.2, 0) is 9.47 Å². The van der Waals surface area contributed by atoms with Crippen molar-refractivity contribution in [3.05, 3.63) is 59.7 Å². The average Bonchev–Trinajstić information content (AvgIpc) is 3.00. The van der Waals surface area contributed by atoms with Crippen molar-refractivity contribution in [3.63, 3.8) is 0 Å². The third-order valence-electron chi connectivity index (χ3n) is 8.73. The van der Waals surface area contributed by atoms with E-state index in [4.69, 9.17) is 9.47 Å². The molecule has 0 aromatic heterocycles. The van der Waals surface area contributed by atoms with Gasteiger partial charge in [0.15, 0.2) is 0 Å². The lowest BCUT2D eigenvalue weighted by molar-refractivity contribution is 0.0351. The van der Waals surface area contributed by atoms with E-state index in [0.29, 0.717) is 24.0 Å². The Hall–Kier alpha value is -3.28. The Labute approximate surface area is 264 Å². The van der Waals surface area contributed by atoms with Gasteiger partial charge in [0.25, 0.3) is 0 Å². The van der Waals surface area contributed by atoms with Gasteiger partial charge in [0.2, 0.25) is 0 Å². The van der Waals surface area contributed by atoms with E-state index in [1.165, 1.54) is 64.2 Å². The standard InChI is InChI=1S/C38H54O6/c1-3-5-7-9-11-13-15-17-23-35(43-37(39)40)33-27-31-25-29-21-19-20-22-30(29)26-32(31)28-34(33)36(44-38(41)42)24-18-16-14-12-10-8-6-4-2/h19-22,25-28,35-36H,3-18,23-24H2,1-2H3,(H,39,40)(H,41,42). The quantitative estimate of drug-likeness (QED) is 0.0671. The maximum absolute atomic E-state index is 11.9. The number of rotatable bonds is 22. The highest BCUT2D eigenvalue weighted by Crippen LogP contribution is 2.38. The molecule has 242 valence electrons. The molecule has 0 heterocycles. The number of ether oxygens (including phenoxy) is 2. The minimum atomic E-state index is -1.32. The van der Waals surface area contributed by atoms with Gasteiger partial charge in [-0.1, -0.05) is 128 Å². The molecule has 0 aliphatic heterocycles. The zero-order chi connectivity index (χ0) is 31.6. The average molecular weight is 607 g/mol. The van der Waals surface area contributed by atoms with E-state index in [9.17, 15) is 19.8 Å². The molecule has 0 saturated carbocycles. The third kappa shape index (κ3) is 12.0. The van der Waals surface area contributed by atoms with Gasteiger partial charge in [-0.05, 0) is 71.5 Å². The van der Waals surface area contributed by atoms with Gasteiger partial charge in [0.05, 0.1) is 0 Å². The molecule has 6 nitrogen and oxygen atoms in total. The van der Waals surface area contributed by atoms with Crippen LogP contribution in [0.1, 0.15) is 153 Å². The fraction of sp³-hybridized carbons (Fsp3) is 0.579. The largest absolute Gasteiger partial charge is 0.506 e. The van der Waals surface area contributed by atoms with Crippen molar-refractivity contribution in [3.8, 4) is 0 Å². The summed E-state index contributed by atoms with van der Waals surface area (Å²) in [6.45, 7) is 4.43. The van der Waals surface area contributed by atoms with Gasteiger partial charge in [0.1, 0.15) is 12.2 Å². The number of benzene rings is 3. The molecular formula is C38H54O6. The van der Waals surface area contributed by atoms with Gasteiger partial charge in [-0.3, -0.25) is 0 Å². The molecule has 44 heavy (non-hydrogen) atoms. The summed E-state index contributed by atoms with van der Waals surface area (Å²) in [5, 5.41) is 23.6. The van der Waals surface area contributed by atoms with Crippen molar-refractivity contribution in [2.45, 2.75) is 142 Å². The highest BCUT2D eigenvalue weighted by molar-refractivity contribution is 5.98. The van der Waals surface area contributed by atoms with E-state index in [2.05, 4.69) is 38.1 Å². The van der Waals surface area contributed by atoms with Gasteiger partial charge in [-0.2, -0.15) is 0 Å². The summed E-state index contributed by atoms with van der Waals surface area (Å²) in [5.74, 6) is 0. The van der Waals surface area contributed by atoms with E-state index in [1.807, 2.05) is 24.3 Å². The second kappa shape index (κ2) is 19.9. The van der Waals surface area contributed by atoms with E-state index < -0.39 is 24.5 Å². The molecule has 0 aliphatic carbocycles. The van der Waals surface area contributed by atoms with Crippen molar-refractivity contribution in [1.29, 1.82) is 0 Å². The molecule has 2 atom stereocenters. The summed E-state index contributed by atoms with van der Waals surface area (Å²) in [4.78, 5) is 23.8. The van der Waals surface area contributed by atoms with Crippen molar-refractivity contribution < 1.29 is 29.3 Å². The molecule has 0 saturated heterocycles. The van der Waals surface area contributed by atoms with E-state index in [-0.39, 0.29) is 0 Å². The normalized spacial score (nSPS) is 12.8. The van der Waals surface area contributed by atoms with Gasteiger partial charge in [-0.25, -0.2) is 9.59 Å². The molecule has 2 N–H and O–H groups in total. The minimum Gasteiger partial charge on any atom is -0.450 e. The summed E-state index contributed by atoms with van der Waals surface area (Å²) in [6, 6.07) is 16.3. The maximum atomic E-state index is 11.9. The van der Waals surface area contributed by atoms with Crippen LogP contribution in [0.5, 0.6) is 0 Å². The Morgan fingerprint density at radius 3 is 1.20 bits per heavy atom. The predicted molar refractivity (Wildman–Crippen MR) is 180 cm³/mol. The van der Waals surface area contributed by atoms with Gasteiger partial charge < -0.3 is 19.7 Å². The topological polar surface area (TPSA) is 93.1 Å². The van der Waals surface area contributed by atoms with Crippen LogP contribution in [0.3, 0.4) is 0 Å². The third-order valence-corrected chi connectivity index (χ3v) is 8.73. The Morgan fingerprint density at radius 2 is 0.864 bits per heavy atom. The van der Waals surface area contributed by atoms with Gasteiger partial charge in [-0.15, -0.1) is 0 Å². The number of unbranched alkanes of at least 4 members (excludes halogenated alkanes) is 14. The van der Waals surface area contributed by atoms with Crippen LogP contribution in [0.2, 0.25) is 0 Å². The van der Waals surface area contributed by atoms with Crippen LogP contribution in [-0.4, -0.2) is 22.5 Å². The van der Waals surface area contributed by atoms with Crippen LogP contribution in [0.25, 0.3) is 21.5 Å². The van der Waals surface area contributed by atoms with Crippen LogP contribution in [0.4, 0.5) is 9.59 Å². The number of carboxylic acid groups (broad SMARTS) is 2. The number of fused-ring (bicyclic) bond motifs is 2. The van der Waals surface area contributed by atoms with Crippen molar-refractivity contribution in [1.82, 2.24) is 0 Å². The zero-order valence-corrected chi connectivity index (χ0v) is 27.0. The van der Waals surface area contributed by atoms with Crippen LogP contribution >= 0.6 is 0 Å². The number of carbonyl (C=O) groups is 2. The molecule has 0 spiro atoms. The smallest absolute Gasteiger partial charge is 0.450 e.